The normalized spacial score (nSPS) is 25.1. The monoisotopic (exact) mass is 233 g/mol. The first-order valence-electron chi connectivity index (χ1n) is 6.49. The Bertz CT molecular complexity index is 399. The molecule has 92 valence electrons. The van der Waals surface area contributed by atoms with Crippen molar-refractivity contribution in [2.45, 2.75) is 25.4 Å². The molecule has 1 aromatic carbocycles. The number of piperidine rings is 1. The third kappa shape index (κ3) is 2.05. The van der Waals surface area contributed by atoms with Crippen molar-refractivity contribution >= 4 is 0 Å². The third-order valence-electron chi connectivity index (χ3n) is 3.84. The van der Waals surface area contributed by atoms with Gasteiger partial charge in [-0.05, 0) is 24.9 Å². The molecule has 2 aliphatic rings. The van der Waals surface area contributed by atoms with Crippen LogP contribution >= 0.6 is 0 Å². The Hall–Kier alpha value is -1.06. The summed E-state index contributed by atoms with van der Waals surface area (Å²) < 4.78 is 5.66. The van der Waals surface area contributed by atoms with Gasteiger partial charge in [-0.25, -0.2) is 0 Å². The highest BCUT2D eigenvalue weighted by Gasteiger charge is 2.27. The molecule has 3 nitrogen and oxygen atoms in total. The standard InChI is InChI=1S/C14H19NO2/c16-13(11-4-2-7-15-9-11)12-5-1-3-10-6-8-17-14(10)12/h1,3,5,11,13,15-16H,2,4,6-9H2. The Morgan fingerprint density at radius 3 is 3.18 bits per heavy atom. The molecule has 2 N–H and O–H groups in total. The molecule has 1 fully saturated rings. The Morgan fingerprint density at radius 2 is 2.35 bits per heavy atom. The molecule has 0 radical (unpaired) electrons. The molecular weight excluding hydrogens is 214 g/mol. The largest absolute Gasteiger partial charge is 0.493 e. The van der Waals surface area contributed by atoms with E-state index >= 15 is 0 Å². The molecule has 0 amide bonds. The highest BCUT2D eigenvalue weighted by Crippen LogP contribution is 2.37. The second kappa shape index (κ2) is 4.67. The molecular formula is C14H19NO2. The lowest BCUT2D eigenvalue weighted by atomic mass is 9.88. The number of rotatable bonds is 2. The number of nitrogens with one attached hydrogen (secondary N) is 1. The quantitative estimate of drug-likeness (QED) is 0.816. The van der Waals surface area contributed by atoms with Crippen molar-refractivity contribution in [3.63, 3.8) is 0 Å². The lowest BCUT2D eigenvalue weighted by Crippen LogP contribution is -2.33. The summed E-state index contributed by atoms with van der Waals surface area (Å²) in [6.45, 7) is 2.74. The molecule has 3 rings (SSSR count). The summed E-state index contributed by atoms with van der Waals surface area (Å²) in [7, 11) is 0. The SMILES string of the molecule is OC(c1cccc2c1OCC2)C1CCCNC1. The van der Waals surface area contributed by atoms with Gasteiger partial charge in [0.25, 0.3) is 0 Å². The molecule has 1 saturated heterocycles. The Balaban J connectivity index is 1.85. The second-order valence-corrected chi connectivity index (χ2v) is 4.99. The first-order chi connectivity index (χ1) is 8.36. The van der Waals surface area contributed by atoms with Gasteiger partial charge in [0.05, 0.1) is 12.7 Å². The van der Waals surface area contributed by atoms with Crippen molar-refractivity contribution in [1.29, 1.82) is 0 Å². The molecule has 2 atom stereocenters. The van der Waals surface area contributed by atoms with E-state index in [0.29, 0.717) is 5.92 Å². The molecule has 0 bridgehead atoms. The van der Waals surface area contributed by atoms with Crippen molar-refractivity contribution in [1.82, 2.24) is 5.32 Å². The van der Waals surface area contributed by atoms with Crippen LogP contribution in [0.5, 0.6) is 5.75 Å². The van der Waals surface area contributed by atoms with Crippen molar-refractivity contribution < 1.29 is 9.84 Å². The summed E-state index contributed by atoms with van der Waals surface area (Å²) in [5.41, 5.74) is 2.22. The molecule has 3 heteroatoms. The molecule has 0 aromatic heterocycles. The van der Waals surface area contributed by atoms with Crippen LogP contribution in [0.25, 0.3) is 0 Å². The van der Waals surface area contributed by atoms with Crippen molar-refractivity contribution in [3.05, 3.63) is 29.3 Å². The van der Waals surface area contributed by atoms with Crippen LogP contribution in [0.3, 0.4) is 0 Å². The fourth-order valence-electron chi connectivity index (χ4n) is 2.88. The molecule has 17 heavy (non-hydrogen) atoms. The number of fused-ring (bicyclic) bond motifs is 1. The zero-order chi connectivity index (χ0) is 11.7. The molecule has 0 spiro atoms. The minimum atomic E-state index is -0.393. The number of aliphatic hydroxyl groups excluding tert-OH is 1. The van der Waals surface area contributed by atoms with E-state index in [1.165, 1.54) is 5.56 Å². The topological polar surface area (TPSA) is 41.5 Å². The number of hydrogen-bond donors (Lipinski definition) is 2. The van der Waals surface area contributed by atoms with E-state index in [1.54, 1.807) is 0 Å². The van der Waals surface area contributed by atoms with Gasteiger partial charge in [0.2, 0.25) is 0 Å². The first-order valence-corrected chi connectivity index (χ1v) is 6.49. The van der Waals surface area contributed by atoms with E-state index in [4.69, 9.17) is 4.74 Å². The maximum Gasteiger partial charge on any atom is 0.128 e. The minimum absolute atomic E-state index is 0.319. The van der Waals surface area contributed by atoms with Crippen LogP contribution in [0, 0.1) is 5.92 Å². The fourth-order valence-corrected chi connectivity index (χ4v) is 2.88. The lowest BCUT2D eigenvalue weighted by molar-refractivity contribution is 0.0895. The summed E-state index contributed by atoms with van der Waals surface area (Å²) in [6, 6.07) is 6.13. The summed E-state index contributed by atoms with van der Waals surface area (Å²) in [5.74, 6) is 1.25. The maximum atomic E-state index is 10.5. The lowest BCUT2D eigenvalue weighted by Gasteiger charge is -2.28. The predicted molar refractivity (Wildman–Crippen MR) is 66.2 cm³/mol. The smallest absolute Gasteiger partial charge is 0.128 e. The van der Waals surface area contributed by atoms with Crippen molar-refractivity contribution in [2.75, 3.05) is 19.7 Å². The highest BCUT2D eigenvalue weighted by atomic mass is 16.5. The Morgan fingerprint density at radius 1 is 1.41 bits per heavy atom. The van der Waals surface area contributed by atoms with Gasteiger partial charge < -0.3 is 15.2 Å². The average molecular weight is 233 g/mol. The molecule has 0 saturated carbocycles. The van der Waals surface area contributed by atoms with E-state index in [0.717, 1.165) is 50.3 Å². The van der Waals surface area contributed by atoms with Crippen molar-refractivity contribution in [3.8, 4) is 5.75 Å². The Labute approximate surface area is 102 Å². The zero-order valence-corrected chi connectivity index (χ0v) is 9.98. The van der Waals surface area contributed by atoms with Crippen LogP contribution in [0.4, 0.5) is 0 Å². The van der Waals surface area contributed by atoms with E-state index in [2.05, 4.69) is 11.4 Å². The van der Waals surface area contributed by atoms with E-state index in [-0.39, 0.29) is 0 Å². The van der Waals surface area contributed by atoms with E-state index in [1.807, 2.05) is 12.1 Å². The third-order valence-corrected chi connectivity index (χ3v) is 3.84. The van der Waals surface area contributed by atoms with Gasteiger partial charge in [-0.15, -0.1) is 0 Å². The van der Waals surface area contributed by atoms with Crippen molar-refractivity contribution in [2.24, 2.45) is 5.92 Å². The van der Waals surface area contributed by atoms with Crippen LogP contribution in [-0.2, 0) is 6.42 Å². The zero-order valence-electron chi connectivity index (χ0n) is 9.98. The summed E-state index contributed by atoms with van der Waals surface area (Å²) in [5, 5.41) is 13.8. The second-order valence-electron chi connectivity index (χ2n) is 4.99. The van der Waals surface area contributed by atoms with Gasteiger partial charge in [0.1, 0.15) is 5.75 Å². The maximum absolute atomic E-state index is 10.5. The van der Waals surface area contributed by atoms with E-state index < -0.39 is 6.10 Å². The summed E-state index contributed by atoms with van der Waals surface area (Å²) >= 11 is 0. The van der Waals surface area contributed by atoms with Gasteiger partial charge in [-0.2, -0.15) is 0 Å². The molecule has 0 aliphatic carbocycles. The minimum Gasteiger partial charge on any atom is -0.493 e. The first kappa shape index (κ1) is 11.1. The number of aliphatic hydroxyl groups is 1. The fraction of sp³-hybridized carbons (Fsp3) is 0.571. The van der Waals surface area contributed by atoms with Crippen LogP contribution in [-0.4, -0.2) is 24.8 Å². The Kier molecular flexibility index (Phi) is 3.04. The molecule has 2 unspecified atom stereocenters. The van der Waals surface area contributed by atoms with E-state index in [9.17, 15) is 5.11 Å². The highest BCUT2D eigenvalue weighted by molar-refractivity contribution is 5.45. The molecule has 1 aromatic rings. The number of para-hydroxylation sites is 1. The predicted octanol–water partition coefficient (Wildman–Crippen LogP) is 1.65. The van der Waals surface area contributed by atoms with Gasteiger partial charge in [0, 0.05) is 24.4 Å². The molecule has 2 aliphatic heterocycles. The van der Waals surface area contributed by atoms with Crippen LogP contribution in [0.15, 0.2) is 18.2 Å². The van der Waals surface area contributed by atoms with Gasteiger partial charge in [0.15, 0.2) is 0 Å². The van der Waals surface area contributed by atoms with Gasteiger partial charge >= 0.3 is 0 Å². The summed E-state index contributed by atoms with van der Waals surface area (Å²) in [6.07, 6.45) is 2.82. The van der Waals surface area contributed by atoms with Crippen LogP contribution in [0.2, 0.25) is 0 Å². The number of hydrogen-bond acceptors (Lipinski definition) is 3. The van der Waals surface area contributed by atoms with Gasteiger partial charge in [-0.1, -0.05) is 18.2 Å². The summed E-state index contributed by atoms with van der Waals surface area (Å²) in [4.78, 5) is 0. The number of ether oxygens (including phenoxy) is 1. The number of benzene rings is 1. The molecule has 2 heterocycles. The van der Waals surface area contributed by atoms with Crippen LogP contribution < -0.4 is 10.1 Å². The average Bonchev–Trinajstić information content (AvgIpc) is 2.87. The van der Waals surface area contributed by atoms with Crippen LogP contribution in [0.1, 0.15) is 30.1 Å². The van der Waals surface area contributed by atoms with Gasteiger partial charge in [-0.3, -0.25) is 0 Å².